The van der Waals surface area contributed by atoms with Gasteiger partial charge >= 0.3 is 0 Å². The SMILES string of the molecule is Cl.O=C(CCC1CCNCC1)N1CCC(CSc2ccccc2)C1. The van der Waals surface area contributed by atoms with E-state index in [0.717, 1.165) is 50.7 Å². The molecule has 2 aliphatic rings. The second kappa shape index (κ2) is 10.3. The smallest absolute Gasteiger partial charge is 0.222 e. The lowest BCUT2D eigenvalue weighted by Gasteiger charge is -2.23. The number of likely N-dealkylation sites (tertiary alicyclic amines) is 1. The fourth-order valence-corrected chi connectivity index (χ4v) is 4.63. The van der Waals surface area contributed by atoms with Gasteiger partial charge < -0.3 is 10.2 Å². The van der Waals surface area contributed by atoms with Gasteiger partial charge in [0.05, 0.1) is 0 Å². The molecule has 0 spiro atoms. The highest BCUT2D eigenvalue weighted by molar-refractivity contribution is 7.99. The molecule has 0 radical (unpaired) electrons. The number of piperidine rings is 1. The first-order valence-electron chi connectivity index (χ1n) is 8.97. The van der Waals surface area contributed by atoms with Gasteiger partial charge in [-0.3, -0.25) is 4.79 Å². The second-order valence-corrected chi connectivity index (χ2v) is 7.94. The Morgan fingerprint density at radius 1 is 1.12 bits per heavy atom. The molecule has 1 aromatic rings. The van der Waals surface area contributed by atoms with Crippen molar-refractivity contribution in [2.75, 3.05) is 31.9 Å². The molecule has 1 atom stereocenters. The van der Waals surface area contributed by atoms with Crippen LogP contribution in [0.25, 0.3) is 0 Å². The maximum atomic E-state index is 12.4. The predicted molar refractivity (Wildman–Crippen MR) is 104 cm³/mol. The maximum Gasteiger partial charge on any atom is 0.222 e. The molecule has 0 aliphatic carbocycles. The predicted octanol–water partition coefficient (Wildman–Crippen LogP) is 3.83. The average molecular weight is 369 g/mol. The average Bonchev–Trinajstić information content (AvgIpc) is 3.09. The van der Waals surface area contributed by atoms with Gasteiger partial charge in [0, 0.05) is 30.2 Å². The van der Waals surface area contributed by atoms with Gasteiger partial charge in [0.1, 0.15) is 0 Å². The molecule has 1 aromatic carbocycles. The van der Waals surface area contributed by atoms with E-state index in [0.29, 0.717) is 11.8 Å². The van der Waals surface area contributed by atoms with E-state index >= 15 is 0 Å². The lowest BCUT2D eigenvalue weighted by Crippen LogP contribution is -2.31. The van der Waals surface area contributed by atoms with Crippen LogP contribution in [-0.2, 0) is 4.79 Å². The summed E-state index contributed by atoms with van der Waals surface area (Å²) in [7, 11) is 0. The van der Waals surface area contributed by atoms with E-state index < -0.39 is 0 Å². The van der Waals surface area contributed by atoms with Crippen molar-refractivity contribution in [3.05, 3.63) is 30.3 Å². The molecule has 1 amide bonds. The van der Waals surface area contributed by atoms with Gasteiger partial charge in [0.25, 0.3) is 0 Å². The summed E-state index contributed by atoms with van der Waals surface area (Å²) in [6.07, 6.45) is 5.48. The minimum Gasteiger partial charge on any atom is -0.342 e. The Morgan fingerprint density at radius 3 is 2.62 bits per heavy atom. The number of carbonyl (C=O) groups excluding carboxylic acids is 1. The highest BCUT2D eigenvalue weighted by Gasteiger charge is 2.26. The van der Waals surface area contributed by atoms with Crippen molar-refractivity contribution >= 4 is 30.1 Å². The molecule has 3 nitrogen and oxygen atoms in total. The Bertz CT molecular complexity index is 493. The summed E-state index contributed by atoms with van der Waals surface area (Å²) in [5.41, 5.74) is 0. The number of rotatable bonds is 6. The molecule has 0 saturated carbocycles. The molecule has 2 aliphatic heterocycles. The number of thioether (sulfide) groups is 1. The van der Waals surface area contributed by atoms with Crippen molar-refractivity contribution in [1.29, 1.82) is 0 Å². The van der Waals surface area contributed by atoms with Gasteiger partial charge in [-0.1, -0.05) is 18.2 Å². The van der Waals surface area contributed by atoms with E-state index in [2.05, 4.69) is 40.5 Å². The third-order valence-electron chi connectivity index (χ3n) is 5.09. The zero-order chi connectivity index (χ0) is 15.9. The first-order chi connectivity index (χ1) is 11.3. The molecule has 5 heteroatoms. The lowest BCUT2D eigenvalue weighted by atomic mass is 9.93. The van der Waals surface area contributed by atoms with E-state index in [-0.39, 0.29) is 12.4 Å². The first-order valence-corrected chi connectivity index (χ1v) is 9.96. The Morgan fingerprint density at radius 2 is 1.88 bits per heavy atom. The Labute approximate surface area is 156 Å². The Balaban J connectivity index is 0.00000208. The second-order valence-electron chi connectivity index (χ2n) is 6.85. The van der Waals surface area contributed by atoms with Crippen LogP contribution in [0.3, 0.4) is 0 Å². The zero-order valence-electron chi connectivity index (χ0n) is 14.3. The van der Waals surface area contributed by atoms with Crippen LogP contribution in [0.2, 0.25) is 0 Å². The minimum absolute atomic E-state index is 0. The van der Waals surface area contributed by atoms with Crippen LogP contribution in [0.15, 0.2) is 35.2 Å². The van der Waals surface area contributed by atoms with E-state index in [1.54, 1.807) is 0 Å². The summed E-state index contributed by atoms with van der Waals surface area (Å²) in [5.74, 6) is 2.92. The number of nitrogens with zero attached hydrogens (tertiary/aromatic N) is 1. The molecule has 2 heterocycles. The van der Waals surface area contributed by atoms with Crippen molar-refractivity contribution < 1.29 is 4.79 Å². The summed E-state index contributed by atoms with van der Waals surface area (Å²) in [5, 5.41) is 3.39. The van der Waals surface area contributed by atoms with Gasteiger partial charge in [-0.15, -0.1) is 24.2 Å². The lowest BCUT2D eigenvalue weighted by molar-refractivity contribution is -0.130. The Hall–Kier alpha value is -0.710. The number of hydrogen-bond donors (Lipinski definition) is 1. The monoisotopic (exact) mass is 368 g/mol. The number of hydrogen-bond acceptors (Lipinski definition) is 3. The molecule has 134 valence electrons. The van der Waals surface area contributed by atoms with E-state index in [1.807, 2.05) is 11.8 Å². The number of carbonyl (C=O) groups is 1. The van der Waals surface area contributed by atoms with Crippen molar-refractivity contribution in [2.24, 2.45) is 11.8 Å². The van der Waals surface area contributed by atoms with Gasteiger partial charge in [-0.2, -0.15) is 0 Å². The number of nitrogens with one attached hydrogen (secondary N) is 1. The van der Waals surface area contributed by atoms with Crippen molar-refractivity contribution in [1.82, 2.24) is 10.2 Å². The summed E-state index contributed by atoms with van der Waals surface area (Å²) < 4.78 is 0. The summed E-state index contributed by atoms with van der Waals surface area (Å²) >= 11 is 1.92. The molecule has 0 bridgehead atoms. The van der Waals surface area contributed by atoms with E-state index in [4.69, 9.17) is 0 Å². The third-order valence-corrected chi connectivity index (χ3v) is 6.34. The quantitative estimate of drug-likeness (QED) is 0.774. The van der Waals surface area contributed by atoms with Crippen LogP contribution in [0, 0.1) is 11.8 Å². The van der Waals surface area contributed by atoms with Gasteiger partial charge in [0.15, 0.2) is 0 Å². The molecule has 2 saturated heterocycles. The molecule has 1 N–H and O–H groups in total. The highest BCUT2D eigenvalue weighted by atomic mass is 35.5. The zero-order valence-corrected chi connectivity index (χ0v) is 15.9. The fourth-order valence-electron chi connectivity index (χ4n) is 3.58. The summed E-state index contributed by atoms with van der Waals surface area (Å²) in [4.78, 5) is 15.9. The van der Waals surface area contributed by atoms with Gasteiger partial charge in [-0.05, 0) is 62.7 Å². The van der Waals surface area contributed by atoms with E-state index in [9.17, 15) is 4.79 Å². The van der Waals surface area contributed by atoms with Crippen LogP contribution in [0.1, 0.15) is 32.1 Å². The molecule has 3 rings (SSSR count). The van der Waals surface area contributed by atoms with Gasteiger partial charge in [0.2, 0.25) is 5.91 Å². The van der Waals surface area contributed by atoms with Crippen molar-refractivity contribution in [3.8, 4) is 0 Å². The van der Waals surface area contributed by atoms with Gasteiger partial charge in [-0.25, -0.2) is 0 Å². The van der Waals surface area contributed by atoms with Crippen molar-refractivity contribution in [3.63, 3.8) is 0 Å². The number of halogens is 1. The number of benzene rings is 1. The third kappa shape index (κ3) is 5.98. The Kier molecular flexibility index (Phi) is 8.43. The highest BCUT2D eigenvalue weighted by Crippen LogP contribution is 2.27. The van der Waals surface area contributed by atoms with Crippen LogP contribution < -0.4 is 5.32 Å². The normalized spacial score (nSPS) is 21.5. The van der Waals surface area contributed by atoms with Crippen LogP contribution in [0.4, 0.5) is 0 Å². The summed E-state index contributed by atoms with van der Waals surface area (Å²) in [6.45, 7) is 4.18. The minimum atomic E-state index is 0. The van der Waals surface area contributed by atoms with Crippen molar-refractivity contribution in [2.45, 2.75) is 37.0 Å². The molecular weight excluding hydrogens is 340 g/mol. The standard InChI is InChI=1S/C19H28N2OS.ClH/c22-19(7-6-16-8-11-20-12-9-16)21-13-10-17(14-21)15-23-18-4-2-1-3-5-18;/h1-5,16-17,20H,6-15H2;1H. The number of amides is 1. The largest absolute Gasteiger partial charge is 0.342 e. The molecule has 2 fully saturated rings. The topological polar surface area (TPSA) is 32.3 Å². The van der Waals surface area contributed by atoms with Crippen LogP contribution in [0.5, 0.6) is 0 Å². The fraction of sp³-hybridized carbons (Fsp3) is 0.632. The molecule has 0 aromatic heterocycles. The van der Waals surface area contributed by atoms with Crippen LogP contribution in [-0.4, -0.2) is 42.7 Å². The first kappa shape index (κ1) is 19.6. The molecule has 1 unspecified atom stereocenters. The summed E-state index contributed by atoms with van der Waals surface area (Å²) in [6, 6.07) is 10.6. The molecular formula is C19H29ClN2OS. The molecule has 24 heavy (non-hydrogen) atoms. The van der Waals surface area contributed by atoms with Crippen LogP contribution >= 0.6 is 24.2 Å². The maximum absolute atomic E-state index is 12.4. The van der Waals surface area contributed by atoms with E-state index in [1.165, 1.54) is 24.2 Å².